The zero-order valence-electron chi connectivity index (χ0n) is 19.5. The van der Waals surface area contributed by atoms with E-state index in [9.17, 15) is 9.18 Å². The molecule has 1 N–H and O–H groups in total. The molecular formula is C23H37FIN5O2. The minimum absolute atomic E-state index is 0. The summed E-state index contributed by atoms with van der Waals surface area (Å²) in [7, 11) is 1.76. The summed E-state index contributed by atoms with van der Waals surface area (Å²) in [6, 6.07) is 5.41. The van der Waals surface area contributed by atoms with E-state index in [1.807, 2.05) is 35.8 Å². The van der Waals surface area contributed by atoms with Gasteiger partial charge in [-0.25, -0.2) is 4.39 Å². The lowest BCUT2D eigenvalue weighted by atomic mass is 9.95. The minimum atomic E-state index is -0.194. The molecule has 2 fully saturated rings. The summed E-state index contributed by atoms with van der Waals surface area (Å²) in [6.45, 7) is 10.4. The molecule has 2 aliphatic rings. The number of halogens is 2. The van der Waals surface area contributed by atoms with Gasteiger partial charge in [0.15, 0.2) is 5.96 Å². The number of benzene rings is 1. The largest absolute Gasteiger partial charge is 0.378 e. The Balaban J connectivity index is 0.00000363. The van der Waals surface area contributed by atoms with Crippen LogP contribution in [-0.2, 0) is 16.1 Å². The lowest BCUT2D eigenvalue weighted by Gasteiger charge is -2.36. The molecule has 2 aliphatic heterocycles. The molecule has 0 aromatic heterocycles. The molecule has 9 heteroatoms. The van der Waals surface area contributed by atoms with E-state index in [1.165, 1.54) is 0 Å². The summed E-state index contributed by atoms with van der Waals surface area (Å²) in [4.78, 5) is 23.3. The Bertz CT molecular complexity index is 761. The lowest BCUT2D eigenvalue weighted by Crippen LogP contribution is -2.49. The van der Waals surface area contributed by atoms with Crippen LogP contribution in [0.1, 0.15) is 32.3 Å². The predicted molar refractivity (Wildman–Crippen MR) is 137 cm³/mol. The molecule has 1 aromatic carbocycles. The van der Waals surface area contributed by atoms with Crippen LogP contribution >= 0.6 is 24.0 Å². The van der Waals surface area contributed by atoms with Crippen LogP contribution in [0, 0.1) is 11.7 Å². The van der Waals surface area contributed by atoms with Crippen molar-refractivity contribution in [2.75, 3.05) is 64.4 Å². The van der Waals surface area contributed by atoms with Crippen molar-refractivity contribution in [3.05, 3.63) is 29.6 Å². The highest BCUT2D eigenvalue weighted by molar-refractivity contribution is 14.0. The molecule has 7 nitrogen and oxygen atoms in total. The maximum absolute atomic E-state index is 14.6. The number of piperidine rings is 1. The number of carbonyl (C=O) groups is 1. The Hall–Kier alpha value is -1.62. The molecule has 1 amide bonds. The fraction of sp³-hybridized carbons (Fsp3) is 0.652. The normalized spacial score (nSPS) is 17.7. The van der Waals surface area contributed by atoms with Crippen molar-refractivity contribution < 1.29 is 13.9 Å². The second-order valence-electron chi connectivity index (χ2n) is 8.06. The molecule has 32 heavy (non-hydrogen) atoms. The van der Waals surface area contributed by atoms with Crippen LogP contribution < -0.4 is 10.2 Å². The fourth-order valence-electron chi connectivity index (χ4n) is 4.37. The predicted octanol–water partition coefficient (Wildman–Crippen LogP) is 2.94. The van der Waals surface area contributed by atoms with Crippen molar-refractivity contribution in [3.8, 4) is 0 Å². The lowest BCUT2D eigenvalue weighted by molar-refractivity contribution is -0.140. The van der Waals surface area contributed by atoms with Gasteiger partial charge in [0.25, 0.3) is 0 Å². The Morgan fingerprint density at radius 2 is 1.81 bits per heavy atom. The number of likely N-dealkylation sites (tertiary alicyclic amines) is 1. The second-order valence-corrected chi connectivity index (χ2v) is 8.06. The number of nitrogens with zero attached hydrogens (tertiary/aromatic N) is 4. The summed E-state index contributed by atoms with van der Waals surface area (Å²) in [5, 5.41) is 3.35. The van der Waals surface area contributed by atoms with E-state index >= 15 is 0 Å². The SMILES string of the molecule is CCN(CC)c1ccc(CNC(=NC)N2CCC(C(=O)N3CCOCC3)CC2)cc1F.I. The van der Waals surface area contributed by atoms with Crippen LogP contribution in [-0.4, -0.2) is 81.2 Å². The molecule has 0 saturated carbocycles. The summed E-state index contributed by atoms with van der Waals surface area (Å²) < 4.78 is 19.9. The molecule has 0 atom stereocenters. The van der Waals surface area contributed by atoms with Gasteiger partial charge < -0.3 is 24.8 Å². The van der Waals surface area contributed by atoms with E-state index in [4.69, 9.17) is 4.74 Å². The Kier molecular flexibility index (Phi) is 11.0. The number of hydrogen-bond acceptors (Lipinski definition) is 4. The third kappa shape index (κ3) is 6.69. The number of anilines is 1. The van der Waals surface area contributed by atoms with Crippen molar-refractivity contribution in [3.63, 3.8) is 0 Å². The van der Waals surface area contributed by atoms with Crippen molar-refractivity contribution >= 4 is 41.5 Å². The van der Waals surface area contributed by atoms with Crippen LogP contribution in [0.5, 0.6) is 0 Å². The van der Waals surface area contributed by atoms with Crippen LogP contribution in [0.25, 0.3) is 0 Å². The van der Waals surface area contributed by atoms with E-state index in [0.29, 0.717) is 38.5 Å². The summed E-state index contributed by atoms with van der Waals surface area (Å²) in [5.74, 6) is 0.940. The molecule has 0 bridgehead atoms. The molecule has 0 spiro atoms. The number of guanidine groups is 1. The summed E-state index contributed by atoms with van der Waals surface area (Å²) >= 11 is 0. The van der Waals surface area contributed by atoms with E-state index in [2.05, 4.69) is 15.2 Å². The number of morpholine rings is 1. The van der Waals surface area contributed by atoms with Gasteiger partial charge in [-0.3, -0.25) is 9.79 Å². The molecule has 0 aliphatic carbocycles. The standard InChI is InChI=1S/C23H36FN5O2.HI/c1-4-27(5-2)21-7-6-18(16-20(21)24)17-26-23(25-3)29-10-8-19(9-11-29)22(30)28-12-14-31-15-13-28;/h6-7,16,19H,4-5,8-15,17H2,1-3H3,(H,25,26);1H. The van der Waals surface area contributed by atoms with E-state index in [-0.39, 0.29) is 41.6 Å². The Morgan fingerprint density at radius 3 is 2.38 bits per heavy atom. The molecule has 3 rings (SSSR count). The monoisotopic (exact) mass is 561 g/mol. The average molecular weight is 561 g/mol. The number of carbonyl (C=O) groups excluding carboxylic acids is 1. The highest BCUT2D eigenvalue weighted by atomic mass is 127. The van der Waals surface area contributed by atoms with E-state index < -0.39 is 0 Å². The van der Waals surface area contributed by atoms with Crippen molar-refractivity contribution in [1.82, 2.24) is 15.1 Å². The number of nitrogens with one attached hydrogen (secondary N) is 1. The van der Waals surface area contributed by atoms with E-state index in [0.717, 1.165) is 50.5 Å². The van der Waals surface area contributed by atoms with Gasteiger partial charge in [-0.1, -0.05) is 6.07 Å². The first-order valence-electron chi connectivity index (χ1n) is 11.4. The number of hydrogen-bond donors (Lipinski definition) is 1. The number of amides is 1. The van der Waals surface area contributed by atoms with Gasteiger partial charge in [0.1, 0.15) is 5.82 Å². The topological polar surface area (TPSA) is 60.4 Å². The quantitative estimate of drug-likeness (QED) is 0.329. The maximum Gasteiger partial charge on any atom is 0.225 e. The van der Waals surface area contributed by atoms with Crippen molar-refractivity contribution in [1.29, 1.82) is 0 Å². The Labute approximate surface area is 208 Å². The molecule has 2 saturated heterocycles. The van der Waals surface area contributed by atoms with Gasteiger partial charge in [-0.15, -0.1) is 24.0 Å². The number of rotatable bonds is 6. The summed E-state index contributed by atoms with van der Waals surface area (Å²) in [6.07, 6.45) is 1.65. The zero-order chi connectivity index (χ0) is 22.2. The first-order valence-corrected chi connectivity index (χ1v) is 11.4. The van der Waals surface area contributed by atoms with Gasteiger partial charge >= 0.3 is 0 Å². The highest BCUT2D eigenvalue weighted by Crippen LogP contribution is 2.22. The zero-order valence-corrected chi connectivity index (χ0v) is 21.8. The highest BCUT2D eigenvalue weighted by Gasteiger charge is 2.30. The van der Waals surface area contributed by atoms with Gasteiger partial charge in [0.2, 0.25) is 5.91 Å². The van der Waals surface area contributed by atoms with Crippen LogP contribution in [0.3, 0.4) is 0 Å². The fourth-order valence-corrected chi connectivity index (χ4v) is 4.37. The average Bonchev–Trinajstić information content (AvgIpc) is 2.82. The Morgan fingerprint density at radius 1 is 1.16 bits per heavy atom. The van der Waals surface area contributed by atoms with Gasteiger partial charge in [0, 0.05) is 58.8 Å². The molecule has 1 aromatic rings. The van der Waals surface area contributed by atoms with Crippen molar-refractivity contribution in [2.24, 2.45) is 10.9 Å². The first-order chi connectivity index (χ1) is 15.1. The first kappa shape index (κ1) is 26.6. The van der Waals surface area contributed by atoms with Crippen molar-refractivity contribution in [2.45, 2.75) is 33.2 Å². The van der Waals surface area contributed by atoms with E-state index in [1.54, 1.807) is 13.1 Å². The molecule has 2 heterocycles. The molecule has 180 valence electrons. The van der Waals surface area contributed by atoms with Gasteiger partial charge in [-0.05, 0) is 44.4 Å². The smallest absolute Gasteiger partial charge is 0.225 e. The molecule has 0 unspecified atom stereocenters. The third-order valence-electron chi connectivity index (χ3n) is 6.25. The minimum Gasteiger partial charge on any atom is -0.378 e. The van der Waals surface area contributed by atoms with Crippen LogP contribution in [0.4, 0.5) is 10.1 Å². The number of ether oxygens (including phenoxy) is 1. The molecule has 0 radical (unpaired) electrons. The van der Waals surface area contributed by atoms with Gasteiger partial charge in [-0.2, -0.15) is 0 Å². The number of aliphatic imine (C=N–C) groups is 1. The van der Waals surface area contributed by atoms with Crippen LogP contribution in [0.2, 0.25) is 0 Å². The summed E-state index contributed by atoms with van der Waals surface area (Å²) in [5.41, 5.74) is 1.53. The maximum atomic E-state index is 14.6. The van der Waals surface area contributed by atoms with Gasteiger partial charge in [0.05, 0.1) is 18.9 Å². The van der Waals surface area contributed by atoms with Crippen LogP contribution in [0.15, 0.2) is 23.2 Å². The third-order valence-corrected chi connectivity index (χ3v) is 6.25. The second kappa shape index (κ2) is 13.2. The molecular weight excluding hydrogens is 524 g/mol.